The molecule has 1 aliphatic heterocycles. The van der Waals surface area contributed by atoms with Crippen LogP contribution in [0.5, 0.6) is 0 Å². The highest BCUT2D eigenvalue weighted by Gasteiger charge is 2.52. The number of aromatic amines is 1. The van der Waals surface area contributed by atoms with Crippen molar-refractivity contribution >= 4 is 14.3 Å². The van der Waals surface area contributed by atoms with Gasteiger partial charge in [-0.25, -0.2) is 9.59 Å². The first-order valence-electron chi connectivity index (χ1n) is 10.6. The van der Waals surface area contributed by atoms with E-state index in [1.54, 1.807) is 30.3 Å². The minimum atomic E-state index is -2.39. The zero-order valence-corrected chi connectivity index (χ0v) is 20.0. The van der Waals surface area contributed by atoms with E-state index in [9.17, 15) is 14.4 Å². The van der Waals surface area contributed by atoms with Crippen LogP contribution in [0.1, 0.15) is 37.4 Å². The molecule has 0 unspecified atom stereocenters. The smallest absolute Gasteiger partial charge is 0.338 e. The third-order valence-corrected chi connectivity index (χ3v) is 10.6. The van der Waals surface area contributed by atoms with Crippen LogP contribution in [0.3, 0.4) is 0 Å². The van der Waals surface area contributed by atoms with E-state index in [4.69, 9.17) is 19.6 Å². The number of rotatable bonds is 6. The predicted molar refractivity (Wildman–Crippen MR) is 122 cm³/mol. The Morgan fingerprint density at radius 2 is 1.81 bits per heavy atom. The zero-order chi connectivity index (χ0) is 23.7. The highest BCUT2D eigenvalue weighted by atomic mass is 28.4. The standard InChI is InChI=1S/C22H31N3O6Si/c1-22(2,3)32(4,5)31-18-17(30-20(27)14-9-7-6-8-10-14)15(13-23)29-19(18)25-12-11-16(26)24-21(25)28/h6-12,15,17-19H,13,23H2,1-5H3,(H,24,26,28)/t15-,17-,18-,19-/m1/s1. The minimum Gasteiger partial charge on any atom is -0.453 e. The number of nitrogens with zero attached hydrogens (tertiary/aromatic N) is 1. The maximum atomic E-state index is 12.8. The molecular formula is C22H31N3O6Si. The summed E-state index contributed by atoms with van der Waals surface area (Å²) in [6.07, 6.45) is -1.90. The third kappa shape index (κ3) is 4.93. The van der Waals surface area contributed by atoms with Gasteiger partial charge in [0, 0.05) is 18.8 Å². The van der Waals surface area contributed by atoms with Gasteiger partial charge in [-0.3, -0.25) is 14.3 Å². The molecule has 2 aromatic rings. The van der Waals surface area contributed by atoms with Crippen LogP contribution in [0, 0.1) is 0 Å². The third-order valence-electron chi connectivity index (χ3n) is 6.13. The molecule has 0 radical (unpaired) electrons. The van der Waals surface area contributed by atoms with Gasteiger partial charge < -0.3 is 19.6 Å². The summed E-state index contributed by atoms with van der Waals surface area (Å²) in [4.78, 5) is 39.2. The Kier molecular flexibility index (Phi) is 6.89. The van der Waals surface area contributed by atoms with Crippen LogP contribution in [0.15, 0.2) is 52.2 Å². The van der Waals surface area contributed by atoms with Crippen LogP contribution in [0.2, 0.25) is 18.1 Å². The van der Waals surface area contributed by atoms with Gasteiger partial charge in [0.15, 0.2) is 20.6 Å². The molecule has 0 bridgehead atoms. The van der Waals surface area contributed by atoms with Gasteiger partial charge in [-0.15, -0.1) is 0 Å². The Balaban J connectivity index is 2.02. The fourth-order valence-electron chi connectivity index (χ4n) is 3.30. The number of aromatic nitrogens is 2. The minimum absolute atomic E-state index is 0.0543. The van der Waals surface area contributed by atoms with Gasteiger partial charge in [0.05, 0.1) is 5.56 Å². The Labute approximate surface area is 187 Å². The van der Waals surface area contributed by atoms with E-state index in [-0.39, 0.29) is 11.6 Å². The first kappa shape index (κ1) is 24.1. The van der Waals surface area contributed by atoms with Gasteiger partial charge in [0.25, 0.3) is 5.56 Å². The normalized spacial score (nSPS) is 23.8. The van der Waals surface area contributed by atoms with E-state index in [1.807, 2.05) is 0 Å². The number of nitrogens with one attached hydrogen (secondary N) is 1. The van der Waals surface area contributed by atoms with Gasteiger partial charge in [0.2, 0.25) is 0 Å². The molecule has 10 heteroatoms. The summed E-state index contributed by atoms with van der Waals surface area (Å²) in [5, 5.41) is -0.150. The molecular weight excluding hydrogens is 430 g/mol. The molecule has 3 rings (SSSR count). The number of esters is 1. The van der Waals surface area contributed by atoms with E-state index in [0.717, 1.165) is 0 Å². The van der Waals surface area contributed by atoms with Crippen molar-refractivity contribution in [3.63, 3.8) is 0 Å². The van der Waals surface area contributed by atoms with Crippen molar-refractivity contribution in [2.24, 2.45) is 5.73 Å². The summed E-state index contributed by atoms with van der Waals surface area (Å²) in [5.74, 6) is -0.532. The second-order valence-electron chi connectivity index (χ2n) is 9.40. The fraction of sp³-hybridized carbons (Fsp3) is 0.500. The number of benzene rings is 1. The number of hydrogen-bond acceptors (Lipinski definition) is 7. The molecule has 0 amide bonds. The molecule has 9 nitrogen and oxygen atoms in total. The van der Waals surface area contributed by atoms with Crippen LogP contribution < -0.4 is 17.0 Å². The first-order chi connectivity index (χ1) is 14.9. The van der Waals surface area contributed by atoms with E-state index in [2.05, 4.69) is 38.8 Å². The number of nitrogens with two attached hydrogens (primary N) is 1. The summed E-state index contributed by atoms with van der Waals surface area (Å²) < 4.78 is 19.8. The average molecular weight is 462 g/mol. The second-order valence-corrected chi connectivity index (χ2v) is 14.2. The van der Waals surface area contributed by atoms with Crippen molar-refractivity contribution in [1.29, 1.82) is 0 Å². The number of carbonyl (C=O) groups excluding carboxylic acids is 1. The molecule has 174 valence electrons. The molecule has 1 aromatic heterocycles. The van der Waals surface area contributed by atoms with Gasteiger partial charge in [-0.2, -0.15) is 0 Å². The topological polar surface area (TPSA) is 126 Å². The van der Waals surface area contributed by atoms with Crippen LogP contribution >= 0.6 is 0 Å². The molecule has 4 atom stereocenters. The number of H-pyrrole nitrogens is 1. The molecule has 1 aliphatic rings. The number of carbonyl (C=O) groups is 1. The first-order valence-corrected chi connectivity index (χ1v) is 13.5. The summed E-state index contributed by atoms with van der Waals surface area (Å²) in [6.45, 7) is 10.4. The molecule has 1 fully saturated rings. The molecule has 3 N–H and O–H groups in total. The highest BCUT2D eigenvalue weighted by Crippen LogP contribution is 2.42. The quantitative estimate of drug-likeness (QED) is 0.498. The second kappa shape index (κ2) is 9.14. The number of ether oxygens (including phenoxy) is 2. The summed E-state index contributed by atoms with van der Waals surface area (Å²) in [7, 11) is -2.39. The molecule has 1 saturated heterocycles. The Hall–Kier alpha value is -2.53. The van der Waals surface area contributed by atoms with Crippen molar-refractivity contribution in [2.75, 3.05) is 6.54 Å². The average Bonchev–Trinajstić information content (AvgIpc) is 3.04. The zero-order valence-electron chi connectivity index (χ0n) is 19.0. The lowest BCUT2D eigenvalue weighted by atomic mass is 10.1. The summed E-state index contributed by atoms with van der Waals surface area (Å²) in [5.41, 5.74) is 5.17. The van der Waals surface area contributed by atoms with E-state index < -0.39 is 50.1 Å². The van der Waals surface area contributed by atoms with Crippen LogP contribution in [-0.4, -0.2) is 48.7 Å². The molecule has 1 aromatic carbocycles. The van der Waals surface area contributed by atoms with Crippen LogP contribution in [0.4, 0.5) is 0 Å². The summed E-state index contributed by atoms with van der Waals surface area (Å²) in [6, 6.07) is 9.84. The van der Waals surface area contributed by atoms with E-state index in [0.29, 0.717) is 5.56 Å². The van der Waals surface area contributed by atoms with Crippen LogP contribution in [0.25, 0.3) is 0 Å². The maximum absolute atomic E-state index is 12.8. The van der Waals surface area contributed by atoms with Gasteiger partial charge in [-0.1, -0.05) is 39.0 Å². The van der Waals surface area contributed by atoms with Gasteiger partial charge >= 0.3 is 11.7 Å². The Bertz CT molecular complexity index is 1060. The van der Waals surface area contributed by atoms with E-state index in [1.165, 1.54) is 16.8 Å². The summed E-state index contributed by atoms with van der Waals surface area (Å²) >= 11 is 0. The number of hydrogen-bond donors (Lipinski definition) is 2. The monoisotopic (exact) mass is 461 g/mol. The Morgan fingerprint density at radius 1 is 1.16 bits per heavy atom. The lowest BCUT2D eigenvalue weighted by Crippen LogP contribution is -2.51. The largest absolute Gasteiger partial charge is 0.453 e. The molecule has 0 aliphatic carbocycles. The maximum Gasteiger partial charge on any atom is 0.338 e. The molecule has 0 saturated carbocycles. The van der Waals surface area contributed by atoms with Crippen molar-refractivity contribution in [2.45, 2.75) is 63.4 Å². The van der Waals surface area contributed by atoms with Gasteiger partial charge in [-0.05, 0) is 30.3 Å². The Morgan fingerprint density at radius 3 is 2.38 bits per heavy atom. The predicted octanol–water partition coefficient (Wildman–Crippen LogP) is 2.01. The molecule has 0 spiro atoms. The fourth-order valence-corrected chi connectivity index (χ4v) is 4.58. The molecule has 2 heterocycles. The van der Waals surface area contributed by atoms with Crippen molar-refractivity contribution in [3.8, 4) is 0 Å². The van der Waals surface area contributed by atoms with Crippen molar-refractivity contribution < 1.29 is 18.7 Å². The van der Waals surface area contributed by atoms with Gasteiger partial charge in [0.1, 0.15) is 12.2 Å². The van der Waals surface area contributed by atoms with E-state index >= 15 is 0 Å². The highest BCUT2D eigenvalue weighted by molar-refractivity contribution is 6.74. The van der Waals surface area contributed by atoms with Crippen molar-refractivity contribution in [1.82, 2.24) is 9.55 Å². The van der Waals surface area contributed by atoms with Crippen LogP contribution in [-0.2, 0) is 13.9 Å². The SMILES string of the molecule is CC(C)(C)[Si](C)(C)O[C@@H]1[C@H](OC(=O)c2ccccc2)[C@@H](CN)O[C@H]1n1ccc(=O)[nH]c1=O. The molecule has 32 heavy (non-hydrogen) atoms. The lowest BCUT2D eigenvalue weighted by Gasteiger charge is -2.40. The van der Waals surface area contributed by atoms with Crippen molar-refractivity contribution in [3.05, 3.63) is 69.0 Å². The lowest BCUT2D eigenvalue weighted by molar-refractivity contribution is -0.0337.